The van der Waals surface area contributed by atoms with E-state index in [-0.39, 0.29) is 5.91 Å². The number of nitrogens with zero attached hydrogens (tertiary/aromatic N) is 4. The summed E-state index contributed by atoms with van der Waals surface area (Å²) in [5.74, 6) is 0.123. The molecule has 2 heterocycles. The van der Waals surface area contributed by atoms with Gasteiger partial charge in [-0.15, -0.1) is 0 Å². The Kier molecular flexibility index (Phi) is 4.94. The molecule has 5 nitrogen and oxygen atoms in total. The summed E-state index contributed by atoms with van der Waals surface area (Å²) in [5, 5.41) is 5.26. The zero-order chi connectivity index (χ0) is 17.1. The van der Waals surface area contributed by atoms with Crippen LogP contribution < -0.4 is 4.90 Å². The van der Waals surface area contributed by atoms with Crippen LogP contribution >= 0.6 is 11.3 Å². The predicted molar refractivity (Wildman–Crippen MR) is 98.6 cm³/mol. The van der Waals surface area contributed by atoms with Gasteiger partial charge in [-0.2, -0.15) is 5.10 Å². The van der Waals surface area contributed by atoms with Crippen LogP contribution in [0, 0.1) is 13.8 Å². The van der Waals surface area contributed by atoms with Gasteiger partial charge in [0.25, 0.3) is 0 Å². The molecule has 3 aromatic rings. The van der Waals surface area contributed by atoms with E-state index < -0.39 is 0 Å². The van der Waals surface area contributed by atoms with Gasteiger partial charge in [0.2, 0.25) is 5.91 Å². The minimum atomic E-state index is 0.123. The van der Waals surface area contributed by atoms with Crippen molar-refractivity contribution >= 4 is 32.6 Å². The number of rotatable bonds is 6. The van der Waals surface area contributed by atoms with Gasteiger partial charge in [0, 0.05) is 18.7 Å². The number of hydrogen-bond acceptors (Lipinski definition) is 4. The maximum absolute atomic E-state index is 12.6. The number of aromatic nitrogens is 3. The first-order chi connectivity index (χ1) is 11.6. The molecule has 24 heavy (non-hydrogen) atoms. The molecule has 0 bridgehead atoms. The molecular formula is C18H22N4OS. The first kappa shape index (κ1) is 16.6. The predicted octanol–water partition coefficient (Wildman–Crippen LogP) is 3.94. The van der Waals surface area contributed by atoms with Gasteiger partial charge >= 0.3 is 0 Å². The van der Waals surface area contributed by atoms with Crippen LogP contribution in [0.5, 0.6) is 0 Å². The first-order valence-electron chi connectivity index (χ1n) is 8.25. The van der Waals surface area contributed by atoms with E-state index in [0.717, 1.165) is 33.2 Å². The van der Waals surface area contributed by atoms with E-state index in [1.54, 1.807) is 11.3 Å². The number of carbonyl (C=O) groups is 1. The fourth-order valence-electron chi connectivity index (χ4n) is 2.75. The number of benzene rings is 1. The standard InChI is InChI=1S/C18H22N4OS/c1-4-7-17(23)21(10-11-22-14(3)12-13(2)20-22)18-19-15-8-5-6-9-16(15)24-18/h5-6,8-9,12H,4,7,10-11H2,1-3H3. The minimum absolute atomic E-state index is 0.123. The molecule has 0 saturated carbocycles. The SMILES string of the molecule is CCCC(=O)N(CCn1nc(C)cc1C)c1nc2ccccc2s1. The maximum Gasteiger partial charge on any atom is 0.228 e. The van der Waals surface area contributed by atoms with Crippen LogP contribution in [-0.4, -0.2) is 27.2 Å². The largest absolute Gasteiger partial charge is 0.286 e. The molecule has 0 radical (unpaired) electrons. The third kappa shape index (κ3) is 3.48. The third-order valence-corrected chi connectivity index (χ3v) is 4.98. The molecular weight excluding hydrogens is 320 g/mol. The fraction of sp³-hybridized carbons (Fsp3) is 0.389. The van der Waals surface area contributed by atoms with Gasteiger partial charge in [-0.3, -0.25) is 14.4 Å². The molecule has 3 rings (SSSR count). The molecule has 1 aromatic carbocycles. The molecule has 0 unspecified atom stereocenters. The zero-order valence-corrected chi connectivity index (χ0v) is 15.1. The summed E-state index contributed by atoms with van der Waals surface area (Å²) in [7, 11) is 0. The van der Waals surface area contributed by atoms with Gasteiger partial charge in [0.1, 0.15) is 0 Å². The lowest BCUT2D eigenvalue weighted by molar-refractivity contribution is -0.118. The molecule has 6 heteroatoms. The van der Waals surface area contributed by atoms with Gasteiger partial charge in [0.15, 0.2) is 5.13 Å². The molecule has 0 fully saturated rings. The van der Waals surface area contributed by atoms with Crippen LogP contribution in [0.2, 0.25) is 0 Å². The van der Waals surface area contributed by atoms with Crippen molar-refractivity contribution in [3.05, 3.63) is 41.7 Å². The van der Waals surface area contributed by atoms with Crippen LogP contribution in [0.1, 0.15) is 31.2 Å². The monoisotopic (exact) mass is 342 g/mol. The smallest absolute Gasteiger partial charge is 0.228 e. The van der Waals surface area contributed by atoms with Gasteiger partial charge in [-0.25, -0.2) is 4.98 Å². The Balaban J connectivity index is 1.85. The van der Waals surface area contributed by atoms with E-state index in [0.29, 0.717) is 19.5 Å². The molecule has 1 amide bonds. The quantitative estimate of drug-likeness (QED) is 0.682. The first-order valence-corrected chi connectivity index (χ1v) is 9.07. The van der Waals surface area contributed by atoms with Gasteiger partial charge in [-0.05, 0) is 38.5 Å². The lowest BCUT2D eigenvalue weighted by Crippen LogP contribution is -2.34. The number of fused-ring (bicyclic) bond motifs is 1. The van der Waals surface area contributed by atoms with Gasteiger partial charge < -0.3 is 0 Å². The Morgan fingerprint density at radius 3 is 2.75 bits per heavy atom. The van der Waals surface area contributed by atoms with E-state index in [1.807, 2.05) is 54.6 Å². The average molecular weight is 342 g/mol. The van der Waals surface area contributed by atoms with Gasteiger partial charge in [-0.1, -0.05) is 30.4 Å². The molecule has 0 atom stereocenters. The van der Waals surface area contributed by atoms with E-state index in [2.05, 4.69) is 16.1 Å². The lowest BCUT2D eigenvalue weighted by atomic mass is 10.3. The molecule has 0 aliphatic heterocycles. The van der Waals surface area contributed by atoms with E-state index in [4.69, 9.17) is 0 Å². The molecule has 0 saturated heterocycles. The third-order valence-electron chi connectivity index (χ3n) is 3.92. The molecule has 0 aliphatic rings. The summed E-state index contributed by atoms with van der Waals surface area (Å²) >= 11 is 1.57. The number of thiazole rings is 1. The van der Waals surface area contributed by atoms with Crippen molar-refractivity contribution < 1.29 is 4.79 Å². The summed E-state index contributed by atoms with van der Waals surface area (Å²) in [5.41, 5.74) is 3.05. The second kappa shape index (κ2) is 7.13. The molecule has 2 aromatic heterocycles. The van der Waals surface area contributed by atoms with Crippen LogP contribution in [0.25, 0.3) is 10.2 Å². The Morgan fingerprint density at radius 2 is 2.08 bits per heavy atom. The topological polar surface area (TPSA) is 51.0 Å². The van der Waals surface area contributed by atoms with Crippen LogP contribution in [0.3, 0.4) is 0 Å². The summed E-state index contributed by atoms with van der Waals surface area (Å²) in [6.07, 6.45) is 1.37. The van der Waals surface area contributed by atoms with Crippen molar-refractivity contribution in [2.45, 2.75) is 40.2 Å². The highest BCUT2D eigenvalue weighted by Crippen LogP contribution is 2.29. The number of carbonyl (C=O) groups excluding carboxylic acids is 1. The number of amides is 1. The highest BCUT2D eigenvalue weighted by molar-refractivity contribution is 7.22. The van der Waals surface area contributed by atoms with Crippen molar-refractivity contribution in [2.75, 3.05) is 11.4 Å². The summed E-state index contributed by atoms with van der Waals surface area (Å²) in [4.78, 5) is 19.1. The summed E-state index contributed by atoms with van der Waals surface area (Å²) < 4.78 is 3.06. The normalized spacial score (nSPS) is 11.1. The molecule has 0 spiro atoms. The Bertz CT molecular complexity index is 819. The molecule has 126 valence electrons. The average Bonchev–Trinajstić information content (AvgIpc) is 3.10. The number of hydrogen-bond donors (Lipinski definition) is 0. The minimum Gasteiger partial charge on any atom is -0.286 e. The highest BCUT2D eigenvalue weighted by atomic mass is 32.1. The Labute approximate surface area is 145 Å². The number of anilines is 1. The van der Waals surface area contributed by atoms with Crippen molar-refractivity contribution in [2.24, 2.45) is 0 Å². The van der Waals surface area contributed by atoms with Crippen molar-refractivity contribution in [3.8, 4) is 0 Å². The van der Waals surface area contributed by atoms with Crippen molar-refractivity contribution in [3.63, 3.8) is 0 Å². The summed E-state index contributed by atoms with van der Waals surface area (Å²) in [6, 6.07) is 10.0. The second-order valence-electron chi connectivity index (χ2n) is 5.91. The van der Waals surface area contributed by atoms with Crippen molar-refractivity contribution in [1.82, 2.24) is 14.8 Å². The molecule has 0 N–H and O–H groups in total. The lowest BCUT2D eigenvalue weighted by Gasteiger charge is -2.20. The maximum atomic E-state index is 12.6. The molecule has 0 aliphatic carbocycles. The highest BCUT2D eigenvalue weighted by Gasteiger charge is 2.19. The Hall–Kier alpha value is -2.21. The zero-order valence-electron chi connectivity index (χ0n) is 14.3. The number of aryl methyl sites for hydroxylation is 2. The summed E-state index contributed by atoms with van der Waals surface area (Å²) in [6.45, 7) is 7.30. The van der Waals surface area contributed by atoms with Crippen LogP contribution in [0.15, 0.2) is 30.3 Å². The van der Waals surface area contributed by atoms with E-state index in [1.165, 1.54) is 0 Å². The number of para-hydroxylation sites is 1. The van der Waals surface area contributed by atoms with E-state index >= 15 is 0 Å². The fourth-order valence-corrected chi connectivity index (χ4v) is 3.76. The van der Waals surface area contributed by atoms with Crippen molar-refractivity contribution in [1.29, 1.82) is 0 Å². The van der Waals surface area contributed by atoms with Crippen LogP contribution in [-0.2, 0) is 11.3 Å². The Morgan fingerprint density at radius 1 is 1.29 bits per heavy atom. The van der Waals surface area contributed by atoms with E-state index in [9.17, 15) is 4.79 Å². The van der Waals surface area contributed by atoms with Crippen LogP contribution in [0.4, 0.5) is 5.13 Å². The second-order valence-corrected chi connectivity index (χ2v) is 6.92. The van der Waals surface area contributed by atoms with Gasteiger partial charge in [0.05, 0.1) is 22.5 Å².